The lowest BCUT2D eigenvalue weighted by Crippen LogP contribution is -2.42. The van der Waals surface area contributed by atoms with Crippen LogP contribution in [0, 0.1) is 0 Å². The highest BCUT2D eigenvalue weighted by molar-refractivity contribution is 5.91. The van der Waals surface area contributed by atoms with Gasteiger partial charge in [0, 0.05) is 19.1 Å². The van der Waals surface area contributed by atoms with Gasteiger partial charge < -0.3 is 20.4 Å². The number of nitrogens with two attached hydrogens (primary N) is 1. The Hall–Kier alpha value is -2.90. The molecule has 0 unspecified atom stereocenters. The Labute approximate surface area is 132 Å². The van der Waals surface area contributed by atoms with Crippen molar-refractivity contribution in [2.45, 2.75) is 18.9 Å². The Morgan fingerprint density at radius 1 is 1.30 bits per heavy atom. The lowest BCUT2D eigenvalue weighted by atomic mass is 10.0. The van der Waals surface area contributed by atoms with Crippen LogP contribution in [0.2, 0.25) is 0 Å². The van der Waals surface area contributed by atoms with Gasteiger partial charge in [0.15, 0.2) is 5.76 Å². The quantitative estimate of drug-likeness (QED) is 0.866. The molecule has 0 bridgehead atoms. The van der Waals surface area contributed by atoms with E-state index in [4.69, 9.17) is 10.2 Å². The molecule has 0 aromatic carbocycles. The zero-order chi connectivity index (χ0) is 16.2. The van der Waals surface area contributed by atoms with Crippen molar-refractivity contribution in [2.75, 3.05) is 18.4 Å². The minimum atomic E-state index is -0.611. The second kappa shape index (κ2) is 6.47. The summed E-state index contributed by atoms with van der Waals surface area (Å²) in [5.74, 6) is 0.164. The zero-order valence-corrected chi connectivity index (χ0v) is 12.4. The monoisotopic (exact) mass is 315 g/mol. The average Bonchev–Trinajstić information content (AvgIpc) is 3.09. The minimum Gasteiger partial charge on any atom is -0.459 e. The van der Waals surface area contributed by atoms with Crippen LogP contribution in [0.15, 0.2) is 35.2 Å². The van der Waals surface area contributed by atoms with Crippen molar-refractivity contribution in [3.05, 3.63) is 42.2 Å². The number of nitrogens with one attached hydrogen (secondary N) is 1. The van der Waals surface area contributed by atoms with Crippen molar-refractivity contribution in [1.82, 2.24) is 14.9 Å². The van der Waals surface area contributed by atoms with E-state index in [1.54, 1.807) is 23.2 Å². The summed E-state index contributed by atoms with van der Waals surface area (Å²) in [5, 5.41) is 3.23. The number of hydrogen-bond acceptors (Lipinski definition) is 6. The number of carbonyl (C=O) groups excluding carboxylic acids is 2. The summed E-state index contributed by atoms with van der Waals surface area (Å²) >= 11 is 0. The molecule has 0 saturated carbocycles. The van der Waals surface area contributed by atoms with Gasteiger partial charge in [-0.2, -0.15) is 0 Å². The molecule has 120 valence electrons. The van der Waals surface area contributed by atoms with Gasteiger partial charge in [-0.05, 0) is 25.0 Å². The van der Waals surface area contributed by atoms with Gasteiger partial charge in [-0.25, -0.2) is 4.98 Å². The van der Waals surface area contributed by atoms with Crippen LogP contribution in [-0.4, -0.2) is 45.8 Å². The summed E-state index contributed by atoms with van der Waals surface area (Å²) in [7, 11) is 0. The van der Waals surface area contributed by atoms with Gasteiger partial charge in [0.25, 0.3) is 11.8 Å². The van der Waals surface area contributed by atoms with Crippen molar-refractivity contribution in [3.8, 4) is 0 Å². The van der Waals surface area contributed by atoms with Crippen LogP contribution < -0.4 is 11.1 Å². The molecule has 1 fully saturated rings. The fourth-order valence-electron chi connectivity index (χ4n) is 2.55. The third-order valence-corrected chi connectivity index (χ3v) is 3.75. The summed E-state index contributed by atoms with van der Waals surface area (Å²) in [6.07, 6.45) is 5.92. The lowest BCUT2D eigenvalue weighted by molar-refractivity contribution is 0.0686. The molecule has 8 nitrogen and oxygen atoms in total. The van der Waals surface area contributed by atoms with Gasteiger partial charge in [0.05, 0.1) is 18.7 Å². The van der Waals surface area contributed by atoms with Crippen LogP contribution in [0.3, 0.4) is 0 Å². The van der Waals surface area contributed by atoms with E-state index in [0.29, 0.717) is 24.7 Å². The average molecular weight is 315 g/mol. The van der Waals surface area contributed by atoms with E-state index < -0.39 is 5.91 Å². The van der Waals surface area contributed by atoms with Gasteiger partial charge in [-0.15, -0.1) is 0 Å². The fraction of sp³-hybridized carbons (Fsp3) is 0.333. The van der Waals surface area contributed by atoms with Crippen LogP contribution in [0.1, 0.15) is 33.9 Å². The standard InChI is InChI=1S/C15H17N5O3/c16-14(21)11-8-17-9-13(19-11)18-10-3-5-20(6-4-10)15(22)12-2-1-7-23-12/h1-2,7-10H,3-6H2,(H2,16,21)(H,18,19). The smallest absolute Gasteiger partial charge is 0.289 e. The van der Waals surface area contributed by atoms with Crippen molar-refractivity contribution >= 4 is 17.6 Å². The number of hydrogen-bond donors (Lipinski definition) is 2. The Morgan fingerprint density at radius 3 is 2.74 bits per heavy atom. The molecule has 3 heterocycles. The third-order valence-electron chi connectivity index (χ3n) is 3.75. The Kier molecular flexibility index (Phi) is 4.22. The molecule has 0 radical (unpaired) electrons. The highest BCUT2D eigenvalue weighted by atomic mass is 16.3. The maximum absolute atomic E-state index is 12.2. The Morgan fingerprint density at radius 2 is 2.09 bits per heavy atom. The molecule has 1 aliphatic rings. The molecule has 3 rings (SSSR count). The molecule has 0 aliphatic carbocycles. The number of primary amides is 1. The third kappa shape index (κ3) is 3.47. The minimum absolute atomic E-state index is 0.0935. The van der Waals surface area contributed by atoms with Gasteiger partial charge in [0.1, 0.15) is 11.5 Å². The van der Waals surface area contributed by atoms with E-state index in [-0.39, 0.29) is 17.6 Å². The molecule has 1 saturated heterocycles. The van der Waals surface area contributed by atoms with Crippen molar-refractivity contribution < 1.29 is 14.0 Å². The number of amides is 2. The lowest BCUT2D eigenvalue weighted by Gasteiger charge is -2.32. The van der Waals surface area contributed by atoms with Gasteiger partial charge in [-0.3, -0.25) is 14.6 Å². The number of carbonyl (C=O) groups is 2. The number of piperidine rings is 1. The van der Waals surface area contributed by atoms with E-state index in [1.165, 1.54) is 12.5 Å². The highest BCUT2D eigenvalue weighted by Gasteiger charge is 2.25. The summed E-state index contributed by atoms with van der Waals surface area (Å²) in [6.45, 7) is 1.25. The first kappa shape index (κ1) is 15.0. The van der Waals surface area contributed by atoms with Crippen LogP contribution >= 0.6 is 0 Å². The maximum Gasteiger partial charge on any atom is 0.289 e. The van der Waals surface area contributed by atoms with Crippen molar-refractivity contribution in [2.24, 2.45) is 5.73 Å². The van der Waals surface area contributed by atoms with Crippen molar-refractivity contribution in [3.63, 3.8) is 0 Å². The molecule has 3 N–H and O–H groups in total. The van der Waals surface area contributed by atoms with Crippen LogP contribution in [0.5, 0.6) is 0 Å². The van der Waals surface area contributed by atoms with Gasteiger partial charge in [-0.1, -0.05) is 0 Å². The van der Waals surface area contributed by atoms with Gasteiger partial charge in [0.2, 0.25) is 0 Å². The van der Waals surface area contributed by atoms with E-state index in [0.717, 1.165) is 12.8 Å². The second-order valence-electron chi connectivity index (χ2n) is 5.34. The summed E-state index contributed by atoms with van der Waals surface area (Å²) in [6, 6.07) is 3.52. The number of furan rings is 1. The van der Waals surface area contributed by atoms with Gasteiger partial charge >= 0.3 is 0 Å². The molecular weight excluding hydrogens is 298 g/mol. The molecule has 2 aromatic rings. The van der Waals surface area contributed by atoms with Crippen LogP contribution in [0.4, 0.5) is 5.82 Å². The van der Waals surface area contributed by atoms with Crippen LogP contribution in [0.25, 0.3) is 0 Å². The SMILES string of the molecule is NC(=O)c1cncc(NC2CCN(C(=O)c3ccco3)CC2)n1. The van der Waals surface area contributed by atoms with Crippen molar-refractivity contribution in [1.29, 1.82) is 0 Å². The number of rotatable bonds is 4. The number of likely N-dealkylation sites (tertiary alicyclic amines) is 1. The Bertz CT molecular complexity index is 693. The molecule has 8 heteroatoms. The Balaban J connectivity index is 1.56. The molecule has 0 atom stereocenters. The molecule has 2 aromatic heterocycles. The molecule has 1 aliphatic heterocycles. The summed E-state index contributed by atoms with van der Waals surface area (Å²) < 4.78 is 5.14. The first-order chi connectivity index (χ1) is 11.1. The zero-order valence-electron chi connectivity index (χ0n) is 12.4. The number of aromatic nitrogens is 2. The number of anilines is 1. The topological polar surface area (TPSA) is 114 Å². The first-order valence-corrected chi connectivity index (χ1v) is 7.34. The maximum atomic E-state index is 12.2. The summed E-state index contributed by atoms with van der Waals surface area (Å²) in [5.41, 5.74) is 5.32. The normalized spacial score (nSPS) is 15.4. The van der Waals surface area contributed by atoms with E-state index in [1.807, 2.05) is 0 Å². The van der Waals surface area contributed by atoms with Crippen LogP contribution in [-0.2, 0) is 0 Å². The predicted octanol–water partition coefficient (Wildman–Crippen LogP) is 0.885. The summed E-state index contributed by atoms with van der Waals surface area (Å²) in [4.78, 5) is 33.1. The molecular formula is C15H17N5O3. The predicted molar refractivity (Wildman–Crippen MR) is 81.8 cm³/mol. The molecule has 0 spiro atoms. The number of nitrogens with zero attached hydrogens (tertiary/aromatic N) is 3. The highest BCUT2D eigenvalue weighted by Crippen LogP contribution is 2.17. The first-order valence-electron chi connectivity index (χ1n) is 7.34. The fourth-order valence-corrected chi connectivity index (χ4v) is 2.55. The van der Waals surface area contributed by atoms with E-state index in [2.05, 4.69) is 15.3 Å². The largest absolute Gasteiger partial charge is 0.459 e. The second-order valence-corrected chi connectivity index (χ2v) is 5.34. The van der Waals surface area contributed by atoms with E-state index >= 15 is 0 Å². The molecule has 23 heavy (non-hydrogen) atoms. The van der Waals surface area contributed by atoms with E-state index in [9.17, 15) is 9.59 Å². The molecule has 2 amide bonds.